The van der Waals surface area contributed by atoms with Crippen molar-refractivity contribution in [3.63, 3.8) is 0 Å². The maximum absolute atomic E-state index is 12.1. The molecule has 0 aliphatic carbocycles. The molecule has 3 N–H and O–H groups in total. The first-order valence-corrected chi connectivity index (χ1v) is 8.27. The van der Waals surface area contributed by atoms with Gasteiger partial charge < -0.3 is 20.5 Å². The van der Waals surface area contributed by atoms with Crippen LogP contribution in [0.1, 0.15) is 17.3 Å². The number of ether oxygens (including phenoxy) is 1. The van der Waals surface area contributed by atoms with Crippen LogP contribution in [0.5, 0.6) is 17.2 Å². The van der Waals surface area contributed by atoms with Gasteiger partial charge in [0.15, 0.2) is 0 Å². The molecule has 0 unspecified atom stereocenters. The smallest absolute Gasteiger partial charge is 0.255 e. The van der Waals surface area contributed by atoms with Crippen molar-refractivity contribution in [2.45, 2.75) is 6.92 Å². The second kappa shape index (κ2) is 8.05. The number of hydrogen-bond donors (Lipinski definition) is 3. The molecule has 6 heteroatoms. The van der Waals surface area contributed by atoms with E-state index in [1.807, 2.05) is 24.3 Å². The van der Waals surface area contributed by atoms with Crippen molar-refractivity contribution in [1.29, 1.82) is 0 Å². The molecule has 0 atom stereocenters. The number of para-hydroxylation sites is 1. The molecule has 0 fully saturated rings. The topological polar surface area (TPSA) is 87.7 Å². The van der Waals surface area contributed by atoms with Crippen molar-refractivity contribution in [3.8, 4) is 17.2 Å². The van der Waals surface area contributed by atoms with Crippen molar-refractivity contribution >= 4 is 23.2 Å². The van der Waals surface area contributed by atoms with Gasteiger partial charge in [-0.1, -0.05) is 30.3 Å². The molecule has 0 saturated heterocycles. The number of carbonyl (C=O) groups excluding carboxylic acids is 2. The number of amides is 2. The maximum Gasteiger partial charge on any atom is 0.255 e. The van der Waals surface area contributed by atoms with Gasteiger partial charge in [0.25, 0.3) is 5.91 Å². The predicted molar refractivity (Wildman–Crippen MR) is 103 cm³/mol. The van der Waals surface area contributed by atoms with Gasteiger partial charge in [0.05, 0.1) is 5.69 Å². The first kappa shape index (κ1) is 18.0. The fraction of sp³-hybridized carbons (Fsp3) is 0.0476. The Hall–Kier alpha value is -3.80. The van der Waals surface area contributed by atoms with Crippen LogP contribution in [0.2, 0.25) is 0 Å². The second-order valence-electron chi connectivity index (χ2n) is 5.78. The fourth-order valence-electron chi connectivity index (χ4n) is 2.42. The normalized spacial score (nSPS) is 10.4. The molecule has 0 aromatic heterocycles. The highest BCUT2D eigenvalue weighted by molar-refractivity contribution is 6.08. The zero-order valence-corrected chi connectivity index (χ0v) is 14.6. The molecule has 6 nitrogen and oxygen atoms in total. The third-order valence-electron chi connectivity index (χ3n) is 3.67. The zero-order valence-electron chi connectivity index (χ0n) is 14.6. The summed E-state index contributed by atoms with van der Waals surface area (Å²) in [4.78, 5) is 23.2. The van der Waals surface area contributed by atoms with Gasteiger partial charge in [0.2, 0.25) is 5.91 Å². The van der Waals surface area contributed by atoms with Crippen molar-refractivity contribution in [2.24, 2.45) is 0 Å². The molecule has 0 spiro atoms. The predicted octanol–water partition coefficient (Wildman–Crippen LogP) is 4.40. The van der Waals surface area contributed by atoms with Crippen LogP contribution in [-0.4, -0.2) is 16.9 Å². The maximum atomic E-state index is 12.1. The minimum atomic E-state index is -0.362. The van der Waals surface area contributed by atoms with Gasteiger partial charge in [-0.2, -0.15) is 0 Å². The second-order valence-corrected chi connectivity index (χ2v) is 5.78. The Morgan fingerprint density at radius 2 is 1.48 bits per heavy atom. The zero-order chi connectivity index (χ0) is 19.2. The van der Waals surface area contributed by atoms with Gasteiger partial charge in [0.1, 0.15) is 22.9 Å². The molecular weight excluding hydrogens is 344 g/mol. The molecule has 2 amide bonds. The van der Waals surface area contributed by atoms with Gasteiger partial charge in [0, 0.05) is 18.6 Å². The van der Waals surface area contributed by atoms with E-state index < -0.39 is 0 Å². The van der Waals surface area contributed by atoms with Crippen LogP contribution in [0, 0.1) is 0 Å². The summed E-state index contributed by atoms with van der Waals surface area (Å²) < 4.78 is 5.01. The van der Waals surface area contributed by atoms with E-state index in [-0.39, 0.29) is 23.3 Å². The van der Waals surface area contributed by atoms with E-state index in [2.05, 4.69) is 10.6 Å². The van der Waals surface area contributed by atoms with E-state index in [9.17, 15) is 14.7 Å². The highest BCUT2D eigenvalue weighted by atomic mass is 16.5. The van der Waals surface area contributed by atoms with Crippen molar-refractivity contribution in [3.05, 3.63) is 78.4 Å². The molecule has 2 heterocycles. The molecule has 5 rings (SSSR count). The Morgan fingerprint density at radius 1 is 0.852 bits per heavy atom. The van der Waals surface area contributed by atoms with Crippen molar-refractivity contribution in [1.82, 2.24) is 0 Å². The molecule has 2 aliphatic rings. The van der Waals surface area contributed by atoms with Crippen molar-refractivity contribution in [2.75, 3.05) is 10.6 Å². The minimum absolute atomic E-state index is 0.111. The van der Waals surface area contributed by atoms with Crippen molar-refractivity contribution < 1.29 is 19.4 Å². The Balaban J connectivity index is 0.000000246. The lowest BCUT2D eigenvalue weighted by Crippen LogP contribution is -2.15. The number of nitrogens with one attached hydrogen (secondary N) is 2. The molecular formula is C21H18N2O4. The number of carbonyl (C=O) groups is 2. The van der Waals surface area contributed by atoms with E-state index in [0.29, 0.717) is 11.3 Å². The highest BCUT2D eigenvalue weighted by Crippen LogP contribution is 2.33. The number of aromatic hydroxyl groups is 1. The van der Waals surface area contributed by atoms with Gasteiger partial charge in [-0.05, 0) is 36.4 Å². The average Bonchev–Trinajstić information content (AvgIpc) is 2.65. The number of anilines is 2. The summed E-state index contributed by atoms with van der Waals surface area (Å²) in [5.74, 6) is 1.21. The molecule has 136 valence electrons. The number of fused-ring (bicyclic) bond motifs is 2. The molecule has 27 heavy (non-hydrogen) atoms. The minimum Gasteiger partial charge on any atom is -0.506 e. The van der Waals surface area contributed by atoms with Crippen LogP contribution in [0.25, 0.3) is 0 Å². The molecule has 3 aromatic rings. The summed E-state index contributed by atoms with van der Waals surface area (Å²) in [6.07, 6.45) is 0. The van der Waals surface area contributed by atoms with E-state index in [4.69, 9.17) is 4.74 Å². The van der Waals surface area contributed by atoms with Gasteiger partial charge in [-0.25, -0.2) is 0 Å². The van der Waals surface area contributed by atoms with Crippen LogP contribution in [0.3, 0.4) is 0 Å². The Labute approximate surface area is 156 Å². The highest BCUT2D eigenvalue weighted by Gasteiger charge is 2.13. The summed E-state index contributed by atoms with van der Waals surface area (Å²) in [6, 6.07) is 21.1. The molecule has 0 radical (unpaired) electrons. The van der Waals surface area contributed by atoms with E-state index in [1.165, 1.54) is 13.0 Å². The monoisotopic (exact) mass is 362 g/mol. The number of hydrogen-bond acceptors (Lipinski definition) is 4. The first-order valence-electron chi connectivity index (χ1n) is 8.27. The van der Waals surface area contributed by atoms with Crippen LogP contribution < -0.4 is 15.4 Å². The Bertz CT molecular complexity index is 946. The third-order valence-corrected chi connectivity index (χ3v) is 3.67. The summed E-state index contributed by atoms with van der Waals surface area (Å²) in [7, 11) is 0. The molecule has 0 saturated carbocycles. The van der Waals surface area contributed by atoms with Gasteiger partial charge in [-0.15, -0.1) is 0 Å². The van der Waals surface area contributed by atoms with Gasteiger partial charge >= 0.3 is 0 Å². The standard InChI is InChI=1S/C15H14N2O3.C6H4O/c1-10(18)16-12-8-5-9-13(19)14(12)17-15(20)11-6-3-2-4-7-11;1-2-5-4-6(3-1)7-5/h2-9,19H,1H3,(H,16,18)(H,17,20);1-4H. The number of rotatable bonds is 3. The SMILES string of the molecule is CC(=O)Nc1cccc(O)c1NC(=O)c1ccccc1.c1cc2cc(c1)O2. The Kier molecular flexibility index (Phi) is 5.37. The van der Waals surface area contributed by atoms with E-state index >= 15 is 0 Å². The number of phenolic OH excluding ortho intramolecular Hbond substituents is 1. The third kappa shape index (κ3) is 4.64. The van der Waals surface area contributed by atoms with Crippen LogP contribution in [-0.2, 0) is 4.79 Å². The number of phenols is 1. The lowest BCUT2D eigenvalue weighted by Gasteiger charge is -2.13. The largest absolute Gasteiger partial charge is 0.506 e. The first-order chi connectivity index (χ1) is 13.0. The van der Waals surface area contributed by atoms with Gasteiger partial charge in [-0.3, -0.25) is 9.59 Å². The summed E-state index contributed by atoms with van der Waals surface area (Å²) in [6.45, 7) is 1.35. The quantitative estimate of drug-likeness (QED) is 0.472. The summed E-state index contributed by atoms with van der Waals surface area (Å²) in [5, 5.41) is 15.0. The van der Waals surface area contributed by atoms with Crippen LogP contribution in [0.4, 0.5) is 11.4 Å². The summed E-state index contributed by atoms with van der Waals surface area (Å²) >= 11 is 0. The van der Waals surface area contributed by atoms with E-state index in [0.717, 1.165) is 11.5 Å². The fourth-order valence-corrected chi connectivity index (χ4v) is 2.42. The molecule has 3 aromatic carbocycles. The Morgan fingerprint density at radius 3 is 2.00 bits per heavy atom. The molecule has 2 aliphatic heterocycles. The number of benzene rings is 3. The lowest BCUT2D eigenvalue weighted by molar-refractivity contribution is -0.114. The van der Waals surface area contributed by atoms with E-state index in [1.54, 1.807) is 42.5 Å². The van der Waals surface area contributed by atoms with Crippen LogP contribution >= 0.6 is 0 Å². The molecule has 2 bridgehead atoms. The summed E-state index contributed by atoms with van der Waals surface area (Å²) in [5.41, 5.74) is 0.989. The lowest BCUT2D eigenvalue weighted by atomic mass is 10.2. The average molecular weight is 362 g/mol. The van der Waals surface area contributed by atoms with Crippen LogP contribution in [0.15, 0.2) is 72.8 Å².